The van der Waals surface area contributed by atoms with Crippen LogP contribution in [0, 0.1) is 5.41 Å². The van der Waals surface area contributed by atoms with Crippen LogP contribution < -0.4 is 9.38 Å². The highest BCUT2D eigenvalue weighted by Gasteiger charge is 2.78. The zero-order valence-corrected chi connectivity index (χ0v) is 18.3. The maximum atomic E-state index is 2.66. The van der Waals surface area contributed by atoms with Gasteiger partial charge in [-0.15, -0.1) is 0 Å². The number of benzene rings is 4. The molecule has 0 saturated heterocycles. The van der Waals surface area contributed by atoms with Crippen LogP contribution in [0.2, 0.25) is 0 Å². The van der Waals surface area contributed by atoms with Crippen molar-refractivity contribution in [1.29, 1.82) is 0 Å². The summed E-state index contributed by atoms with van der Waals surface area (Å²) in [7, 11) is 2.45. The quantitative estimate of drug-likeness (QED) is 0.302. The van der Waals surface area contributed by atoms with Gasteiger partial charge in [-0.25, -0.2) is 4.48 Å². The van der Waals surface area contributed by atoms with Crippen LogP contribution in [0.3, 0.4) is 0 Å². The molecule has 4 atom stereocenters. The van der Waals surface area contributed by atoms with Crippen molar-refractivity contribution in [3.63, 3.8) is 0 Å². The third-order valence-electron chi connectivity index (χ3n) is 8.80. The van der Waals surface area contributed by atoms with Crippen LogP contribution in [-0.2, 0) is 5.41 Å². The minimum atomic E-state index is 0.206. The normalized spacial score (nSPS) is 32.2. The Hall–Kier alpha value is -3.10. The zero-order chi connectivity index (χ0) is 21.0. The van der Waals surface area contributed by atoms with E-state index in [0.717, 1.165) is 4.48 Å². The molecule has 4 aromatic rings. The number of hydrogen-bond acceptors (Lipinski definition) is 1. The Morgan fingerprint density at radius 1 is 0.774 bits per heavy atom. The van der Waals surface area contributed by atoms with Crippen LogP contribution in [0.5, 0.6) is 0 Å². The van der Waals surface area contributed by atoms with E-state index in [1.54, 1.807) is 0 Å². The van der Waals surface area contributed by atoms with Crippen LogP contribution in [0.15, 0.2) is 91.0 Å². The average molecular weight is 404 g/mol. The molecule has 31 heavy (non-hydrogen) atoms. The number of quaternary nitrogens is 1. The van der Waals surface area contributed by atoms with E-state index >= 15 is 0 Å². The fraction of sp³-hybridized carbons (Fsp3) is 0.241. The summed E-state index contributed by atoms with van der Waals surface area (Å²) < 4.78 is 0.845. The molecule has 2 heteroatoms. The monoisotopic (exact) mass is 403 g/mol. The van der Waals surface area contributed by atoms with Crippen molar-refractivity contribution in [2.24, 2.45) is 5.41 Å². The standard InChI is InChI=1S/C29H27N2/c1-28-19-29(28,2)27-30(22-13-5-4-6-14-22)24-17-20-11-7-8-12-21(20)18-26(24)31(27,3)25-16-10-9-15-23(25)28/h4-18,27H,19H2,1-3H3/q+1/t27?,28?,29-,31?/m0/s1. The summed E-state index contributed by atoms with van der Waals surface area (Å²) >= 11 is 0. The molecule has 0 bridgehead atoms. The molecule has 0 spiro atoms. The number of hydrogen-bond donors (Lipinski definition) is 0. The lowest BCUT2D eigenvalue weighted by Gasteiger charge is -2.47. The van der Waals surface area contributed by atoms with Gasteiger partial charge in [0.1, 0.15) is 11.4 Å². The topological polar surface area (TPSA) is 3.24 Å². The lowest BCUT2D eigenvalue weighted by molar-refractivity contribution is 0.216. The van der Waals surface area contributed by atoms with Crippen LogP contribution >= 0.6 is 0 Å². The first-order valence-electron chi connectivity index (χ1n) is 11.3. The Morgan fingerprint density at radius 3 is 2.19 bits per heavy atom. The number of nitrogens with zero attached hydrogens (tertiary/aromatic N) is 2. The van der Waals surface area contributed by atoms with Gasteiger partial charge in [0.25, 0.3) is 0 Å². The molecule has 1 saturated carbocycles. The van der Waals surface area contributed by atoms with Gasteiger partial charge in [-0.05, 0) is 41.5 Å². The summed E-state index contributed by atoms with van der Waals surface area (Å²) in [6.45, 7) is 5.00. The Kier molecular flexibility index (Phi) is 3.05. The van der Waals surface area contributed by atoms with Crippen LogP contribution in [-0.4, -0.2) is 13.2 Å². The van der Waals surface area contributed by atoms with Crippen LogP contribution in [0.25, 0.3) is 10.8 Å². The molecular formula is C29H27N2+. The molecule has 3 unspecified atom stereocenters. The second-order valence-corrected chi connectivity index (χ2v) is 10.3. The fourth-order valence-electron chi connectivity index (χ4n) is 7.08. The lowest BCUT2D eigenvalue weighted by atomic mass is 9.80. The molecule has 1 aliphatic carbocycles. The molecule has 0 aromatic heterocycles. The van der Waals surface area contributed by atoms with Gasteiger partial charge in [0.05, 0.1) is 12.5 Å². The lowest BCUT2D eigenvalue weighted by Crippen LogP contribution is -2.60. The van der Waals surface area contributed by atoms with Gasteiger partial charge in [-0.1, -0.05) is 74.5 Å². The third-order valence-corrected chi connectivity index (χ3v) is 8.80. The minimum Gasteiger partial charge on any atom is -0.285 e. The van der Waals surface area contributed by atoms with E-state index in [9.17, 15) is 0 Å². The van der Waals surface area contributed by atoms with Crippen LogP contribution in [0.1, 0.15) is 25.8 Å². The summed E-state index contributed by atoms with van der Waals surface area (Å²) in [4.78, 5) is 2.66. The first-order chi connectivity index (χ1) is 15.0. The zero-order valence-electron chi connectivity index (χ0n) is 18.3. The molecular weight excluding hydrogens is 376 g/mol. The highest BCUT2D eigenvalue weighted by atomic mass is 15.6. The smallest absolute Gasteiger partial charge is 0.184 e. The van der Waals surface area contributed by atoms with Crippen molar-refractivity contribution < 1.29 is 0 Å². The predicted octanol–water partition coefficient (Wildman–Crippen LogP) is 7.27. The summed E-state index contributed by atoms with van der Waals surface area (Å²) in [6, 6.07) is 33.9. The predicted molar refractivity (Wildman–Crippen MR) is 130 cm³/mol. The highest BCUT2D eigenvalue weighted by molar-refractivity contribution is 5.98. The van der Waals surface area contributed by atoms with Gasteiger partial charge >= 0.3 is 0 Å². The van der Waals surface area contributed by atoms with Crippen molar-refractivity contribution in [2.75, 3.05) is 11.9 Å². The Labute approximate surface area is 183 Å². The van der Waals surface area contributed by atoms with E-state index < -0.39 is 0 Å². The number of para-hydroxylation sites is 2. The van der Waals surface area contributed by atoms with Crippen molar-refractivity contribution in [2.45, 2.75) is 31.8 Å². The molecule has 0 amide bonds. The summed E-state index contributed by atoms with van der Waals surface area (Å²) in [5.41, 5.74) is 7.48. The Morgan fingerprint density at radius 2 is 1.42 bits per heavy atom. The van der Waals surface area contributed by atoms with E-state index in [2.05, 4.69) is 117 Å². The largest absolute Gasteiger partial charge is 0.285 e. The van der Waals surface area contributed by atoms with Gasteiger partial charge in [0.15, 0.2) is 11.9 Å². The summed E-state index contributed by atoms with van der Waals surface area (Å²) in [6.07, 6.45) is 1.56. The molecule has 2 aliphatic heterocycles. The molecule has 2 heterocycles. The maximum Gasteiger partial charge on any atom is 0.184 e. The van der Waals surface area contributed by atoms with Gasteiger partial charge in [-0.3, -0.25) is 4.90 Å². The number of fused-ring (bicyclic) bond motifs is 9. The fourth-order valence-corrected chi connectivity index (χ4v) is 7.08. The van der Waals surface area contributed by atoms with E-state index in [4.69, 9.17) is 0 Å². The van der Waals surface area contributed by atoms with Crippen molar-refractivity contribution in [1.82, 2.24) is 4.48 Å². The van der Waals surface area contributed by atoms with Gasteiger partial charge in [0.2, 0.25) is 0 Å². The first kappa shape index (κ1) is 17.6. The molecule has 0 radical (unpaired) electrons. The molecule has 7 rings (SSSR count). The summed E-state index contributed by atoms with van der Waals surface area (Å²) in [5, 5.41) is 2.63. The average Bonchev–Trinajstić information content (AvgIpc) is 3.28. The van der Waals surface area contributed by atoms with E-state index in [0.29, 0.717) is 6.17 Å². The van der Waals surface area contributed by atoms with Crippen molar-refractivity contribution >= 4 is 33.5 Å². The third kappa shape index (κ3) is 1.89. The van der Waals surface area contributed by atoms with E-state index in [-0.39, 0.29) is 10.8 Å². The molecule has 1 fully saturated rings. The molecule has 4 aromatic carbocycles. The van der Waals surface area contributed by atoms with Gasteiger partial charge < -0.3 is 0 Å². The molecule has 2 nitrogen and oxygen atoms in total. The minimum absolute atomic E-state index is 0.206. The van der Waals surface area contributed by atoms with Crippen LogP contribution in [0.4, 0.5) is 22.7 Å². The van der Waals surface area contributed by atoms with Crippen molar-refractivity contribution in [3.8, 4) is 0 Å². The van der Waals surface area contributed by atoms with Gasteiger partial charge in [-0.2, -0.15) is 0 Å². The van der Waals surface area contributed by atoms with E-state index in [1.807, 2.05) is 0 Å². The second kappa shape index (κ2) is 5.38. The molecule has 152 valence electrons. The molecule has 3 aliphatic rings. The van der Waals surface area contributed by atoms with Crippen molar-refractivity contribution in [3.05, 3.63) is 96.6 Å². The Bertz CT molecular complexity index is 1380. The number of anilines is 2. The number of rotatable bonds is 1. The first-order valence-corrected chi connectivity index (χ1v) is 11.3. The SMILES string of the molecule is CC12C[C@@]1(C)C1N(c3ccccc3)c3cc4ccccc4cc3[N+]1(C)c1ccccc12. The highest BCUT2D eigenvalue weighted by Crippen LogP contribution is 2.77. The second-order valence-electron chi connectivity index (χ2n) is 10.3. The maximum absolute atomic E-state index is 2.66. The Balaban J connectivity index is 1.62. The van der Waals surface area contributed by atoms with Gasteiger partial charge in [0, 0.05) is 22.7 Å². The van der Waals surface area contributed by atoms with E-state index in [1.165, 1.54) is 45.5 Å². The summed E-state index contributed by atoms with van der Waals surface area (Å²) in [5.74, 6) is 0. The molecule has 0 N–H and O–H groups in total.